The Balaban J connectivity index is 1.70. The van der Waals surface area contributed by atoms with Gasteiger partial charge in [-0.15, -0.1) is 5.10 Å². The number of benzene rings is 2. The molecule has 0 aliphatic heterocycles. The number of nitrogens with one attached hydrogen (secondary N) is 2. The highest BCUT2D eigenvalue weighted by molar-refractivity contribution is 7.99. The smallest absolute Gasteiger partial charge is 0.243 e. The first kappa shape index (κ1) is 25.0. The van der Waals surface area contributed by atoms with Gasteiger partial charge in [-0.1, -0.05) is 53.7 Å². The number of aryl methyl sites for hydroxylation is 1. The summed E-state index contributed by atoms with van der Waals surface area (Å²) < 4.78 is 33.0. The number of thioether (sulfide) groups is 1. The Morgan fingerprint density at radius 2 is 2.00 bits per heavy atom. The molecule has 0 fully saturated rings. The van der Waals surface area contributed by atoms with E-state index in [2.05, 4.69) is 20.5 Å². The zero-order chi connectivity index (χ0) is 23.8. The summed E-state index contributed by atoms with van der Waals surface area (Å²) in [6, 6.07) is 13.3. The molecule has 0 aliphatic carbocycles. The number of amides is 1. The van der Waals surface area contributed by atoms with Gasteiger partial charge in [-0.25, -0.2) is 13.4 Å². The minimum absolute atomic E-state index is 0.0208. The van der Waals surface area contributed by atoms with Crippen molar-refractivity contribution in [1.82, 2.24) is 24.8 Å². The SMILES string of the molecule is COc1ccc(S(=O)(=O)N(CC(=O)NCCSc2n[nH]c(C)n2)Cc2ccccc2)cc1Cl. The first-order chi connectivity index (χ1) is 15.8. The third-order valence-corrected chi connectivity index (χ3v) is 7.45. The zero-order valence-electron chi connectivity index (χ0n) is 18.1. The second-order valence-electron chi connectivity index (χ2n) is 6.96. The number of aromatic nitrogens is 3. The van der Waals surface area contributed by atoms with Crippen LogP contribution in [0.25, 0.3) is 0 Å². The van der Waals surface area contributed by atoms with Gasteiger partial charge in [0.05, 0.1) is 23.6 Å². The molecule has 1 amide bonds. The second-order valence-corrected chi connectivity index (χ2v) is 10.4. The van der Waals surface area contributed by atoms with Crippen LogP contribution in [0.2, 0.25) is 5.02 Å². The summed E-state index contributed by atoms with van der Waals surface area (Å²) in [4.78, 5) is 16.8. The van der Waals surface area contributed by atoms with E-state index in [0.29, 0.717) is 29.0 Å². The summed E-state index contributed by atoms with van der Waals surface area (Å²) in [5.74, 6) is 1.20. The number of nitrogens with zero attached hydrogens (tertiary/aromatic N) is 3. The van der Waals surface area contributed by atoms with Crippen LogP contribution < -0.4 is 10.1 Å². The van der Waals surface area contributed by atoms with Crippen molar-refractivity contribution in [3.05, 3.63) is 64.9 Å². The highest BCUT2D eigenvalue weighted by atomic mass is 35.5. The molecule has 3 rings (SSSR count). The normalized spacial score (nSPS) is 11.5. The number of hydrogen-bond acceptors (Lipinski definition) is 7. The Hall–Kier alpha value is -2.60. The van der Waals surface area contributed by atoms with Gasteiger partial charge in [-0.2, -0.15) is 4.31 Å². The monoisotopic (exact) mass is 509 g/mol. The maximum atomic E-state index is 13.4. The fourth-order valence-electron chi connectivity index (χ4n) is 2.91. The van der Waals surface area contributed by atoms with E-state index in [1.807, 2.05) is 18.2 Å². The Kier molecular flexibility index (Phi) is 8.73. The van der Waals surface area contributed by atoms with Gasteiger partial charge in [0.1, 0.15) is 11.6 Å². The van der Waals surface area contributed by atoms with Gasteiger partial charge in [-0.3, -0.25) is 9.89 Å². The van der Waals surface area contributed by atoms with Crippen LogP contribution in [0.1, 0.15) is 11.4 Å². The van der Waals surface area contributed by atoms with Gasteiger partial charge >= 0.3 is 0 Å². The van der Waals surface area contributed by atoms with Crippen LogP contribution >= 0.6 is 23.4 Å². The number of halogens is 1. The van der Waals surface area contributed by atoms with Crippen molar-refractivity contribution in [2.75, 3.05) is 26.0 Å². The molecule has 0 unspecified atom stereocenters. The number of aromatic amines is 1. The Morgan fingerprint density at radius 1 is 1.24 bits per heavy atom. The van der Waals surface area contributed by atoms with E-state index in [1.54, 1.807) is 19.1 Å². The van der Waals surface area contributed by atoms with Crippen LogP contribution in [0.15, 0.2) is 58.6 Å². The standard InChI is InChI=1S/C21H24ClN5O4S2/c1-15-24-21(26-25-15)32-11-10-23-20(28)14-27(13-16-6-4-3-5-7-16)33(29,30)17-8-9-19(31-2)18(22)12-17/h3-9,12H,10-11,13-14H2,1-2H3,(H,23,28)(H,24,25,26). The average molecular weight is 510 g/mol. The van der Waals surface area contributed by atoms with Gasteiger partial charge in [0.2, 0.25) is 21.1 Å². The molecule has 0 radical (unpaired) electrons. The zero-order valence-corrected chi connectivity index (χ0v) is 20.5. The van der Waals surface area contributed by atoms with Gasteiger partial charge in [0, 0.05) is 18.8 Å². The molecule has 2 aromatic carbocycles. The van der Waals surface area contributed by atoms with Crippen LogP contribution in [-0.2, 0) is 21.4 Å². The number of rotatable bonds is 11. The Morgan fingerprint density at radius 3 is 2.64 bits per heavy atom. The molecule has 12 heteroatoms. The summed E-state index contributed by atoms with van der Waals surface area (Å²) in [6.07, 6.45) is 0. The molecule has 1 aromatic heterocycles. The highest BCUT2D eigenvalue weighted by Gasteiger charge is 2.27. The van der Waals surface area contributed by atoms with Crippen molar-refractivity contribution >= 4 is 39.3 Å². The van der Waals surface area contributed by atoms with E-state index in [0.717, 1.165) is 9.87 Å². The Labute approximate surface area is 201 Å². The maximum Gasteiger partial charge on any atom is 0.243 e. The molecule has 33 heavy (non-hydrogen) atoms. The van der Waals surface area contributed by atoms with E-state index in [1.165, 1.54) is 37.1 Å². The number of carbonyl (C=O) groups excluding carboxylic acids is 1. The minimum Gasteiger partial charge on any atom is -0.495 e. The first-order valence-corrected chi connectivity index (χ1v) is 12.8. The van der Waals surface area contributed by atoms with E-state index < -0.39 is 15.9 Å². The van der Waals surface area contributed by atoms with Gasteiger partial charge in [-0.05, 0) is 30.7 Å². The van der Waals surface area contributed by atoms with Crippen molar-refractivity contribution < 1.29 is 17.9 Å². The molecule has 1 heterocycles. The third-order valence-electron chi connectivity index (χ3n) is 4.51. The van der Waals surface area contributed by atoms with Crippen LogP contribution in [0.4, 0.5) is 0 Å². The molecule has 0 spiro atoms. The van der Waals surface area contributed by atoms with Gasteiger partial charge < -0.3 is 10.1 Å². The number of H-pyrrole nitrogens is 1. The molecule has 0 saturated carbocycles. The van der Waals surface area contributed by atoms with Crippen molar-refractivity contribution in [3.8, 4) is 5.75 Å². The summed E-state index contributed by atoms with van der Waals surface area (Å²) in [7, 11) is -2.56. The fourth-order valence-corrected chi connectivity index (χ4v) is 5.34. The number of carbonyl (C=O) groups is 1. The summed E-state index contributed by atoms with van der Waals surface area (Å²) >= 11 is 7.53. The molecular formula is C21H24ClN5O4S2. The van der Waals surface area contributed by atoms with E-state index in [-0.39, 0.29) is 23.0 Å². The van der Waals surface area contributed by atoms with Crippen LogP contribution in [-0.4, -0.2) is 59.8 Å². The highest BCUT2D eigenvalue weighted by Crippen LogP contribution is 2.29. The maximum absolute atomic E-state index is 13.4. The second kappa shape index (κ2) is 11.5. The van der Waals surface area contributed by atoms with E-state index >= 15 is 0 Å². The lowest BCUT2D eigenvalue weighted by atomic mass is 10.2. The molecule has 0 aliphatic rings. The number of ether oxygens (including phenoxy) is 1. The Bertz CT molecular complexity index is 1190. The molecule has 0 atom stereocenters. The minimum atomic E-state index is -4.01. The van der Waals surface area contributed by atoms with Crippen LogP contribution in [0.3, 0.4) is 0 Å². The van der Waals surface area contributed by atoms with Crippen molar-refractivity contribution in [3.63, 3.8) is 0 Å². The number of methoxy groups -OCH3 is 1. The molecule has 3 aromatic rings. The first-order valence-electron chi connectivity index (χ1n) is 9.95. The fraction of sp³-hybridized carbons (Fsp3) is 0.286. The summed E-state index contributed by atoms with van der Waals surface area (Å²) in [5, 5.41) is 10.3. The molecule has 9 nitrogen and oxygen atoms in total. The van der Waals surface area contributed by atoms with Gasteiger partial charge in [0.25, 0.3) is 0 Å². The lowest BCUT2D eigenvalue weighted by Crippen LogP contribution is -2.40. The third kappa shape index (κ3) is 6.94. The van der Waals surface area contributed by atoms with Crippen molar-refractivity contribution in [2.45, 2.75) is 23.5 Å². The molecular weight excluding hydrogens is 486 g/mol. The molecule has 176 valence electrons. The van der Waals surface area contributed by atoms with Crippen LogP contribution in [0.5, 0.6) is 5.75 Å². The largest absolute Gasteiger partial charge is 0.495 e. The van der Waals surface area contributed by atoms with Crippen molar-refractivity contribution in [2.24, 2.45) is 0 Å². The van der Waals surface area contributed by atoms with E-state index in [9.17, 15) is 13.2 Å². The predicted octanol–water partition coefficient (Wildman–Crippen LogP) is 2.87. The predicted molar refractivity (Wildman–Crippen MR) is 127 cm³/mol. The molecule has 0 saturated heterocycles. The average Bonchev–Trinajstić information content (AvgIpc) is 3.22. The molecule has 0 bridgehead atoms. The topological polar surface area (TPSA) is 117 Å². The van der Waals surface area contributed by atoms with Gasteiger partial charge in [0.15, 0.2) is 0 Å². The number of sulfonamides is 1. The lowest BCUT2D eigenvalue weighted by molar-refractivity contribution is -0.121. The quantitative estimate of drug-likeness (QED) is 0.301. The lowest BCUT2D eigenvalue weighted by Gasteiger charge is -2.22. The summed E-state index contributed by atoms with van der Waals surface area (Å²) in [5.41, 5.74) is 0.754. The van der Waals surface area contributed by atoms with Crippen LogP contribution in [0, 0.1) is 6.92 Å². The summed E-state index contributed by atoms with van der Waals surface area (Å²) in [6.45, 7) is 1.83. The molecule has 2 N–H and O–H groups in total. The van der Waals surface area contributed by atoms with Crippen molar-refractivity contribution in [1.29, 1.82) is 0 Å². The van der Waals surface area contributed by atoms with E-state index in [4.69, 9.17) is 16.3 Å². The number of hydrogen-bond donors (Lipinski definition) is 2.